The molecule has 164 valence electrons. The number of amides is 1. The number of fused-ring (bicyclic) bond motifs is 1. The number of hydrogen-bond acceptors (Lipinski definition) is 4. The molecule has 0 aromatic heterocycles. The average molecular weight is 441 g/mol. The minimum atomic E-state index is -4.09. The molecule has 0 fully saturated rings. The molecule has 1 N–H and O–H groups in total. The van der Waals surface area contributed by atoms with Gasteiger partial charge in [0.05, 0.1) is 18.3 Å². The van der Waals surface area contributed by atoms with E-state index in [9.17, 15) is 13.2 Å². The Bertz CT molecular complexity index is 1080. The van der Waals surface area contributed by atoms with Crippen LogP contribution in [-0.2, 0) is 19.6 Å². The molecule has 0 saturated carbocycles. The predicted octanol–water partition coefficient (Wildman–Crippen LogP) is 3.71. The number of ether oxygens (including phenoxy) is 1. The molecule has 0 bridgehead atoms. The van der Waals surface area contributed by atoms with Gasteiger partial charge >= 0.3 is 0 Å². The quantitative estimate of drug-likeness (QED) is 0.476. The summed E-state index contributed by atoms with van der Waals surface area (Å²) in [4.78, 5) is 13.0. The lowest BCUT2D eigenvalue weighted by molar-refractivity contribution is -0.116. The molecule has 0 radical (unpaired) electrons. The molecule has 0 aliphatic carbocycles. The molecule has 1 aliphatic heterocycles. The molecule has 3 rings (SSSR count). The summed E-state index contributed by atoms with van der Waals surface area (Å²) in [6.45, 7) is 8.44. The van der Waals surface area contributed by atoms with Gasteiger partial charge in [0, 0.05) is 24.3 Å². The fraction of sp³-hybridized carbons (Fsp3) is 0.292. The van der Waals surface area contributed by atoms with Crippen LogP contribution in [0.25, 0.3) is 5.57 Å². The molecular formula is C24H28N2O4S. The van der Waals surface area contributed by atoms with Crippen molar-refractivity contribution in [1.29, 1.82) is 0 Å². The molecule has 0 atom stereocenters. The van der Waals surface area contributed by atoms with Gasteiger partial charge in [-0.2, -0.15) is 0 Å². The van der Waals surface area contributed by atoms with Crippen LogP contribution >= 0.6 is 0 Å². The van der Waals surface area contributed by atoms with Gasteiger partial charge in [-0.05, 0) is 31.9 Å². The largest absolute Gasteiger partial charge is 0.379 e. The van der Waals surface area contributed by atoms with Gasteiger partial charge in [0.15, 0.2) is 4.91 Å². The minimum Gasteiger partial charge on any atom is -0.379 e. The van der Waals surface area contributed by atoms with Gasteiger partial charge in [0.1, 0.15) is 0 Å². The highest BCUT2D eigenvalue weighted by Crippen LogP contribution is 2.42. The van der Waals surface area contributed by atoms with Crippen molar-refractivity contribution in [2.24, 2.45) is 0 Å². The third-order valence-electron chi connectivity index (χ3n) is 4.84. The van der Waals surface area contributed by atoms with E-state index in [1.54, 1.807) is 12.1 Å². The van der Waals surface area contributed by atoms with Gasteiger partial charge in [-0.25, -0.2) is 8.42 Å². The molecule has 7 heteroatoms. The number of nitrogens with zero attached hydrogens (tertiary/aromatic N) is 1. The number of hydrogen-bond donors (Lipinski definition) is 1. The zero-order chi connectivity index (χ0) is 22.4. The number of anilines is 1. The number of nitrogens with one attached hydrogen (secondary N) is 1. The topological polar surface area (TPSA) is 75.7 Å². The van der Waals surface area contributed by atoms with Gasteiger partial charge in [0.2, 0.25) is 0 Å². The molecule has 6 nitrogen and oxygen atoms in total. The highest BCUT2D eigenvalue weighted by molar-refractivity contribution is 7.97. The smallest absolute Gasteiger partial charge is 0.270 e. The van der Waals surface area contributed by atoms with E-state index in [2.05, 4.69) is 11.9 Å². The summed E-state index contributed by atoms with van der Waals surface area (Å²) in [5, 5.41) is 2.77. The predicted molar refractivity (Wildman–Crippen MR) is 124 cm³/mol. The standard InChI is InChI=1S/C24H28N2O4S/c1-4-16-26-21-14-9-8-13-20(21)22(19-11-6-5-7-12-19)23(31(26,28)29)24(27)25-15-10-17-30-18(2)3/h4-9,11-14,18H,1,10,15-17H2,2-3H3,(H,25,27). The third kappa shape index (κ3) is 4.89. The van der Waals surface area contributed by atoms with Crippen molar-refractivity contribution >= 4 is 27.2 Å². The maximum absolute atomic E-state index is 13.6. The van der Waals surface area contributed by atoms with E-state index in [1.165, 1.54) is 10.4 Å². The molecular weight excluding hydrogens is 412 g/mol. The van der Waals surface area contributed by atoms with Crippen LogP contribution < -0.4 is 9.62 Å². The molecule has 0 spiro atoms. The van der Waals surface area contributed by atoms with Crippen molar-refractivity contribution in [1.82, 2.24) is 5.32 Å². The lowest BCUT2D eigenvalue weighted by atomic mass is 9.95. The number of rotatable bonds is 9. The number of benzene rings is 2. The second-order valence-electron chi connectivity index (χ2n) is 7.44. The Hall–Kier alpha value is -2.90. The SMILES string of the molecule is C=CCN1c2ccccc2C(c2ccccc2)=C(C(=O)NCCCOC(C)C)S1(=O)=O. The average Bonchev–Trinajstić information content (AvgIpc) is 2.75. The molecule has 0 unspecified atom stereocenters. The van der Waals surface area contributed by atoms with E-state index < -0.39 is 15.9 Å². The highest BCUT2D eigenvalue weighted by Gasteiger charge is 2.40. The Balaban J connectivity index is 2.08. The monoisotopic (exact) mass is 440 g/mol. The first-order valence-electron chi connectivity index (χ1n) is 10.3. The number of carbonyl (C=O) groups excluding carboxylic acids is 1. The van der Waals surface area contributed by atoms with Crippen molar-refractivity contribution in [3.63, 3.8) is 0 Å². The maximum atomic E-state index is 13.6. The van der Waals surface area contributed by atoms with Crippen LogP contribution in [0, 0.1) is 0 Å². The lowest BCUT2D eigenvalue weighted by Gasteiger charge is -2.32. The molecule has 2 aromatic rings. The van der Waals surface area contributed by atoms with Crippen molar-refractivity contribution in [3.8, 4) is 0 Å². The van der Waals surface area contributed by atoms with Crippen LogP contribution in [0.2, 0.25) is 0 Å². The summed E-state index contributed by atoms with van der Waals surface area (Å²) in [6.07, 6.45) is 2.21. The van der Waals surface area contributed by atoms with E-state index >= 15 is 0 Å². The Morgan fingerprint density at radius 1 is 1.13 bits per heavy atom. The van der Waals surface area contributed by atoms with Crippen molar-refractivity contribution < 1.29 is 17.9 Å². The summed E-state index contributed by atoms with van der Waals surface area (Å²) in [7, 11) is -4.09. The first-order chi connectivity index (χ1) is 14.9. The number of para-hydroxylation sites is 1. The van der Waals surface area contributed by atoms with Crippen LogP contribution in [0.4, 0.5) is 5.69 Å². The van der Waals surface area contributed by atoms with Gasteiger partial charge in [0.25, 0.3) is 15.9 Å². The highest BCUT2D eigenvalue weighted by atomic mass is 32.2. The summed E-state index contributed by atoms with van der Waals surface area (Å²) < 4.78 is 33.9. The van der Waals surface area contributed by atoms with Gasteiger partial charge < -0.3 is 10.1 Å². The lowest BCUT2D eigenvalue weighted by Crippen LogP contribution is -2.41. The summed E-state index contributed by atoms with van der Waals surface area (Å²) >= 11 is 0. The summed E-state index contributed by atoms with van der Waals surface area (Å²) in [6, 6.07) is 16.3. The number of sulfonamides is 1. The van der Waals surface area contributed by atoms with Crippen molar-refractivity contribution in [2.75, 3.05) is 24.0 Å². The van der Waals surface area contributed by atoms with Gasteiger partial charge in [-0.1, -0.05) is 54.6 Å². The fourth-order valence-electron chi connectivity index (χ4n) is 3.50. The Kier molecular flexibility index (Phi) is 7.30. The van der Waals surface area contributed by atoms with E-state index in [0.717, 1.165) is 0 Å². The third-order valence-corrected chi connectivity index (χ3v) is 6.67. The Labute approximate surface area is 184 Å². The number of carbonyl (C=O) groups is 1. The summed E-state index contributed by atoms with van der Waals surface area (Å²) in [5.74, 6) is -0.619. The normalized spacial score (nSPS) is 15.0. The summed E-state index contributed by atoms with van der Waals surface area (Å²) in [5.41, 5.74) is 2.30. The first kappa shape index (κ1) is 22.8. The van der Waals surface area contributed by atoms with Crippen LogP contribution in [0.15, 0.2) is 72.2 Å². The van der Waals surface area contributed by atoms with Crippen molar-refractivity contribution in [3.05, 3.63) is 83.3 Å². The second kappa shape index (κ2) is 9.94. The van der Waals surface area contributed by atoms with Gasteiger partial charge in [-0.15, -0.1) is 6.58 Å². The van der Waals surface area contributed by atoms with Crippen molar-refractivity contribution in [2.45, 2.75) is 26.4 Å². The van der Waals surface area contributed by atoms with E-state index in [-0.39, 0.29) is 17.6 Å². The van der Waals surface area contributed by atoms with Crippen LogP contribution in [0.3, 0.4) is 0 Å². The molecule has 1 amide bonds. The molecule has 2 aromatic carbocycles. The molecule has 1 aliphatic rings. The molecule has 0 saturated heterocycles. The van der Waals surface area contributed by atoms with E-state index in [0.29, 0.717) is 42.0 Å². The zero-order valence-corrected chi connectivity index (χ0v) is 18.7. The second-order valence-corrected chi connectivity index (χ2v) is 9.24. The Morgan fingerprint density at radius 2 is 1.81 bits per heavy atom. The van der Waals surface area contributed by atoms with Crippen LogP contribution in [0.1, 0.15) is 31.4 Å². The molecule has 31 heavy (non-hydrogen) atoms. The van der Waals surface area contributed by atoms with Crippen LogP contribution in [0.5, 0.6) is 0 Å². The molecule has 1 heterocycles. The fourth-order valence-corrected chi connectivity index (χ4v) is 5.24. The van der Waals surface area contributed by atoms with E-state index in [4.69, 9.17) is 4.74 Å². The first-order valence-corrected chi connectivity index (χ1v) is 11.7. The van der Waals surface area contributed by atoms with Gasteiger partial charge in [-0.3, -0.25) is 9.10 Å². The zero-order valence-electron chi connectivity index (χ0n) is 17.9. The maximum Gasteiger partial charge on any atom is 0.270 e. The minimum absolute atomic E-state index is 0.0699. The van der Waals surface area contributed by atoms with Crippen LogP contribution in [-0.4, -0.2) is 40.1 Å². The Morgan fingerprint density at radius 3 is 2.48 bits per heavy atom. The van der Waals surface area contributed by atoms with E-state index in [1.807, 2.05) is 56.3 Å².